The van der Waals surface area contributed by atoms with E-state index >= 15 is 0 Å². The van der Waals surface area contributed by atoms with Crippen molar-refractivity contribution in [3.8, 4) is 69.0 Å². The Kier molecular flexibility index (Phi) is 41.0. The molecule has 0 unspecified atom stereocenters. The van der Waals surface area contributed by atoms with Gasteiger partial charge in [0.15, 0.2) is 34.2 Å². The summed E-state index contributed by atoms with van der Waals surface area (Å²) in [6.45, 7) is 24.1. The molecule has 12 aromatic carbocycles. The second-order valence-electron chi connectivity index (χ2n) is 25.5. The van der Waals surface area contributed by atoms with Gasteiger partial charge in [0.05, 0.1) is 0 Å². The number of hydrogen-bond acceptors (Lipinski definition) is 24. The van der Waals surface area contributed by atoms with Crippen molar-refractivity contribution in [1.29, 1.82) is 0 Å². The van der Waals surface area contributed by atoms with E-state index in [0.717, 1.165) is 66.8 Å². The first-order valence-electron chi connectivity index (χ1n) is 34.7. The zero-order valence-electron chi connectivity index (χ0n) is 64.6. The maximum absolute atomic E-state index is 5.61. The Morgan fingerprint density at radius 3 is 0.243 bits per heavy atom. The van der Waals surface area contributed by atoms with E-state index in [9.17, 15) is 0 Å². The second kappa shape index (κ2) is 47.8. The van der Waals surface area contributed by atoms with Gasteiger partial charge in [-0.05, 0) is 300 Å². The van der Waals surface area contributed by atoms with Crippen LogP contribution in [0.2, 0.25) is 0 Å². The zero-order valence-corrected chi connectivity index (χ0v) is 81.8. The molecular formula is C84H84MoO12P6S12. The summed E-state index contributed by atoms with van der Waals surface area (Å²) in [6, 6.07) is 91.2. The van der Waals surface area contributed by atoms with Crippen LogP contribution < -0.4 is 54.3 Å². The fraction of sp³-hybridized carbons (Fsp3) is 0.143. The fourth-order valence-corrected chi connectivity index (χ4v) is 19.8. The topological polar surface area (TPSA) is 111 Å². The number of hydrogen-bond donors (Lipinski definition) is 0. The summed E-state index contributed by atoms with van der Waals surface area (Å²) >= 11 is 63.1. The minimum atomic E-state index is -2.75. The maximum Gasteiger partial charge on any atom is 6.00 e. The van der Waals surface area contributed by atoms with Crippen LogP contribution in [0.3, 0.4) is 0 Å². The number of rotatable bonds is 24. The van der Waals surface area contributed by atoms with Crippen molar-refractivity contribution in [2.45, 2.75) is 83.1 Å². The van der Waals surface area contributed by atoms with Gasteiger partial charge in [-0.25, -0.2) is 0 Å². The molecule has 0 bridgehead atoms. The summed E-state index contributed by atoms with van der Waals surface area (Å²) < 4.78 is 67.3. The van der Waals surface area contributed by atoms with E-state index in [-0.39, 0.29) is 21.1 Å². The average molecular weight is 1950 g/mol. The fourth-order valence-electron chi connectivity index (χ4n) is 8.85. The SMILES string of the molecule is Cc1ccc(OP(=S)([S-])Oc2ccc(C)cc2)cc1.Cc1ccc(OP(=S)([S-])Oc2ccc(C)cc2)cc1.Cc1ccc(OP(=S)([S-])Oc2ccc(C)cc2)cc1.Cc1ccc(OP(=S)([S-])Oc2ccc(C)cc2)cc1.Cc1ccc(OP(=S)([S-])Oc2ccc(C)cc2)cc1.Cc1ccc(OP(=S)([S-])Oc2ccc(C)cc2)cc1.[Mo+6]. The van der Waals surface area contributed by atoms with Gasteiger partial charge in [0.25, 0.3) is 0 Å². The van der Waals surface area contributed by atoms with Crippen LogP contribution in [0.5, 0.6) is 69.0 Å². The Morgan fingerprint density at radius 2 is 0.191 bits per heavy atom. The normalized spacial score (nSPS) is 11.0. The molecule has 12 aromatic rings. The molecule has 12 nitrogen and oxygen atoms in total. The van der Waals surface area contributed by atoms with E-state index in [1.54, 1.807) is 0 Å². The molecule has 0 atom stereocenters. The summed E-state index contributed by atoms with van der Waals surface area (Å²) in [6.07, 6.45) is 0. The monoisotopic (exact) mass is 1950 g/mol. The van der Waals surface area contributed by atoms with Crippen LogP contribution in [0, 0.1) is 83.1 Å². The van der Waals surface area contributed by atoms with E-state index in [4.69, 9.17) is 199 Å². The van der Waals surface area contributed by atoms with Crippen LogP contribution in [-0.4, -0.2) is 0 Å². The Morgan fingerprint density at radius 1 is 0.139 bits per heavy atom. The van der Waals surface area contributed by atoms with Crippen LogP contribution >= 0.6 is 34.2 Å². The first kappa shape index (κ1) is 98.7. The van der Waals surface area contributed by atoms with E-state index < -0.39 is 34.2 Å². The molecule has 12 rings (SSSR count). The van der Waals surface area contributed by atoms with Crippen molar-refractivity contribution < 1.29 is 75.4 Å². The van der Waals surface area contributed by atoms with Crippen LogP contribution in [0.15, 0.2) is 291 Å². The number of benzene rings is 12. The third-order valence-electron chi connectivity index (χ3n) is 14.9. The Balaban J connectivity index is 0.000000214. The van der Waals surface area contributed by atoms with E-state index in [1.165, 1.54) is 0 Å². The average Bonchev–Trinajstić information content (AvgIpc) is 0.878. The molecule has 0 heterocycles. The third-order valence-corrected chi connectivity index (χ3v) is 25.4. The molecule has 0 aliphatic heterocycles. The molecular weight excluding hydrogens is 1870 g/mol. The first-order valence-corrected chi connectivity index (χ1v) is 56.6. The van der Waals surface area contributed by atoms with Crippen molar-refractivity contribution in [1.82, 2.24) is 0 Å². The number of aryl methyl sites for hydroxylation is 12. The molecule has 0 amide bonds. The molecule has 0 saturated carbocycles. The molecule has 0 N–H and O–H groups in total. The Labute approximate surface area is 755 Å². The zero-order chi connectivity index (χ0) is 83.3. The Hall–Kier alpha value is -5.07. The summed E-state index contributed by atoms with van der Waals surface area (Å²) in [5.41, 5.74) is -2.62. The van der Waals surface area contributed by atoms with Gasteiger partial charge in [0.2, 0.25) is 0 Å². The molecule has 600 valence electrons. The van der Waals surface area contributed by atoms with Crippen molar-refractivity contribution in [2.75, 3.05) is 0 Å². The van der Waals surface area contributed by atoms with E-state index in [2.05, 4.69) is 0 Å². The third kappa shape index (κ3) is 40.7. The first-order chi connectivity index (χ1) is 53.7. The smallest absolute Gasteiger partial charge is 0.665 e. The predicted octanol–water partition coefficient (Wildman–Crippen LogP) is 27.2. The Bertz CT molecular complexity index is 4120. The summed E-state index contributed by atoms with van der Waals surface area (Å²) in [4.78, 5) is 0. The quantitative estimate of drug-likeness (QED) is 0.0325. The minimum Gasteiger partial charge on any atom is -0.665 e. The van der Waals surface area contributed by atoms with Gasteiger partial charge in [-0.3, -0.25) is 0 Å². The standard InChI is InChI=1S/6C14H15O2PS2.Mo/c6*1-11-3-7-13(8-4-11)15-17(18,19)16-14-9-5-12(2)6-10-14;/h6*3-10H,1-2H3,(H,18,19);/q;;;;;;+6/p-6. The minimum absolute atomic E-state index is 0. The maximum atomic E-state index is 5.61. The molecule has 0 spiro atoms. The molecule has 0 aliphatic rings. The molecule has 31 heteroatoms. The van der Waals surface area contributed by atoms with Crippen molar-refractivity contribution >= 4 is 178 Å². The largest absolute Gasteiger partial charge is 6.00 e. The summed E-state index contributed by atoms with van der Waals surface area (Å²) in [5, 5.41) is 0. The van der Waals surface area contributed by atoms with Gasteiger partial charge in [-0.15, -0.1) is 0 Å². The molecule has 0 saturated heterocycles. The molecule has 0 fully saturated rings. The van der Waals surface area contributed by atoms with E-state index in [0.29, 0.717) is 69.0 Å². The van der Waals surface area contributed by atoms with Crippen LogP contribution in [-0.2, 0) is 165 Å². The van der Waals surface area contributed by atoms with Crippen molar-refractivity contribution in [2.24, 2.45) is 0 Å². The van der Waals surface area contributed by atoms with Crippen molar-refractivity contribution in [3.63, 3.8) is 0 Å². The van der Waals surface area contributed by atoms with Crippen LogP contribution in [0.4, 0.5) is 0 Å². The molecule has 0 aromatic heterocycles. The van der Waals surface area contributed by atoms with Crippen molar-refractivity contribution in [3.05, 3.63) is 358 Å². The van der Waals surface area contributed by atoms with Gasteiger partial charge in [-0.2, -0.15) is 0 Å². The second-order valence-corrected chi connectivity index (χ2v) is 54.6. The van der Waals surface area contributed by atoms with Crippen LogP contribution in [0.25, 0.3) is 0 Å². The summed E-state index contributed by atoms with van der Waals surface area (Å²) in [7, 11) is 0. The molecule has 115 heavy (non-hydrogen) atoms. The van der Waals surface area contributed by atoms with Gasteiger partial charge in [0, 0.05) is 0 Å². The predicted molar refractivity (Wildman–Crippen MR) is 512 cm³/mol. The molecule has 0 radical (unpaired) electrons. The van der Waals surface area contributed by atoms with Gasteiger partial charge >= 0.3 is 21.1 Å². The van der Waals surface area contributed by atoms with Gasteiger partial charge < -0.3 is 128 Å². The summed E-state index contributed by atoms with van der Waals surface area (Å²) in [5.74, 6) is 7.79. The van der Waals surface area contributed by atoms with Crippen LogP contribution in [0.1, 0.15) is 66.8 Å². The van der Waals surface area contributed by atoms with E-state index in [1.807, 2.05) is 374 Å². The van der Waals surface area contributed by atoms with Gasteiger partial charge in [0.1, 0.15) is 69.0 Å². The molecule has 0 aliphatic carbocycles. The van der Waals surface area contributed by atoms with Gasteiger partial charge in [-0.1, -0.05) is 212 Å².